The van der Waals surface area contributed by atoms with Crippen LogP contribution in [-0.4, -0.2) is 34.3 Å². The van der Waals surface area contributed by atoms with Crippen molar-refractivity contribution in [2.45, 2.75) is 6.10 Å². The summed E-state index contributed by atoms with van der Waals surface area (Å²) in [6, 6.07) is 3.04. The van der Waals surface area contributed by atoms with E-state index in [0.29, 0.717) is 12.3 Å². The molecule has 2 aromatic heterocycles. The van der Waals surface area contributed by atoms with Gasteiger partial charge in [0.1, 0.15) is 11.8 Å². The highest BCUT2D eigenvalue weighted by Gasteiger charge is 2.20. The van der Waals surface area contributed by atoms with Gasteiger partial charge >= 0.3 is 0 Å². The van der Waals surface area contributed by atoms with E-state index in [4.69, 9.17) is 4.74 Å². The Bertz CT molecular complexity index is 553. The minimum absolute atomic E-state index is 0.0297. The van der Waals surface area contributed by atoms with E-state index in [2.05, 4.69) is 15.5 Å². The molecule has 1 aliphatic heterocycles. The van der Waals surface area contributed by atoms with Crippen LogP contribution in [0.2, 0.25) is 0 Å². The average molecular weight is 220 g/mol. The molecule has 0 radical (unpaired) electrons. The Balaban J connectivity index is 2.06. The standard InChI is InChI=1S/C10H12N4O2/c15-7-1-3-14-9(5-7)12-13-10(14)8-6-11-2-4-16-8/h1,3,5,8,11-12H,2,4,6H2. The molecular weight excluding hydrogens is 208 g/mol. The largest absolute Gasteiger partial charge is 0.368 e. The molecule has 0 bridgehead atoms. The number of ether oxygens (including phenoxy) is 1. The topological polar surface area (TPSA) is 71.4 Å². The molecule has 1 fully saturated rings. The van der Waals surface area contributed by atoms with Gasteiger partial charge < -0.3 is 10.1 Å². The van der Waals surface area contributed by atoms with E-state index < -0.39 is 0 Å². The van der Waals surface area contributed by atoms with Crippen LogP contribution in [0.5, 0.6) is 0 Å². The van der Waals surface area contributed by atoms with Gasteiger partial charge in [-0.15, -0.1) is 0 Å². The molecule has 1 aliphatic rings. The number of pyridine rings is 1. The Kier molecular flexibility index (Phi) is 2.23. The van der Waals surface area contributed by atoms with Crippen LogP contribution in [-0.2, 0) is 4.74 Å². The van der Waals surface area contributed by atoms with Crippen molar-refractivity contribution >= 4 is 5.65 Å². The molecule has 3 heterocycles. The number of aromatic amines is 1. The van der Waals surface area contributed by atoms with Gasteiger partial charge in [-0.3, -0.25) is 14.3 Å². The Labute approximate surface area is 91.2 Å². The average Bonchev–Trinajstić information content (AvgIpc) is 2.73. The van der Waals surface area contributed by atoms with Gasteiger partial charge in [0.05, 0.1) is 6.61 Å². The maximum absolute atomic E-state index is 11.2. The number of nitrogens with one attached hydrogen (secondary N) is 2. The third kappa shape index (κ3) is 1.52. The lowest BCUT2D eigenvalue weighted by Crippen LogP contribution is -2.34. The van der Waals surface area contributed by atoms with Crippen molar-refractivity contribution in [1.29, 1.82) is 0 Å². The van der Waals surface area contributed by atoms with Gasteiger partial charge in [-0.05, 0) is 0 Å². The lowest BCUT2D eigenvalue weighted by Gasteiger charge is -2.22. The zero-order valence-electron chi connectivity index (χ0n) is 8.64. The molecule has 0 saturated carbocycles. The summed E-state index contributed by atoms with van der Waals surface area (Å²) in [7, 11) is 0. The van der Waals surface area contributed by atoms with Gasteiger partial charge in [-0.2, -0.15) is 5.10 Å². The summed E-state index contributed by atoms with van der Waals surface area (Å²) in [5, 5.41) is 10.3. The summed E-state index contributed by atoms with van der Waals surface area (Å²) in [6.07, 6.45) is 1.65. The quantitative estimate of drug-likeness (QED) is 0.691. The first-order valence-corrected chi connectivity index (χ1v) is 5.23. The molecule has 84 valence electrons. The SMILES string of the molecule is O=c1ccn2c(C3CNCCO3)n[nH]c2c1. The predicted octanol–water partition coefficient (Wildman–Crippen LogP) is -0.317. The second kappa shape index (κ2) is 3.73. The number of nitrogens with zero attached hydrogens (tertiary/aromatic N) is 2. The van der Waals surface area contributed by atoms with Crippen molar-refractivity contribution in [3.05, 3.63) is 34.4 Å². The van der Waals surface area contributed by atoms with Crippen LogP contribution in [0.3, 0.4) is 0 Å². The molecule has 2 aromatic rings. The van der Waals surface area contributed by atoms with Crippen LogP contribution in [0.15, 0.2) is 23.1 Å². The van der Waals surface area contributed by atoms with Gasteiger partial charge in [0.25, 0.3) is 0 Å². The van der Waals surface area contributed by atoms with Gasteiger partial charge in [-0.25, -0.2) is 0 Å². The molecule has 6 heteroatoms. The van der Waals surface area contributed by atoms with Crippen molar-refractivity contribution in [2.24, 2.45) is 0 Å². The second-order valence-corrected chi connectivity index (χ2v) is 3.76. The Morgan fingerprint density at radius 2 is 2.50 bits per heavy atom. The monoisotopic (exact) mass is 220 g/mol. The number of aromatic nitrogens is 3. The van der Waals surface area contributed by atoms with E-state index in [1.54, 1.807) is 6.20 Å². The summed E-state index contributed by atoms with van der Waals surface area (Å²) >= 11 is 0. The molecule has 1 saturated heterocycles. The third-order valence-electron chi connectivity index (χ3n) is 2.67. The summed E-state index contributed by atoms with van der Waals surface area (Å²) in [5.41, 5.74) is 0.662. The second-order valence-electron chi connectivity index (χ2n) is 3.76. The first-order chi connectivity index (χ1) is 7.84. The molecule has 1 unspecified atom stereocenters. The predicted molar refractivity (Wildman–Crippen MR) is 57.4 cm³/mol. The lowest BCUT2D eigenvalue weighted by molar-refractivity contribution is 0.0215. The number of hydrogen-bond acceptors (Lipinski definition) is 4. The number of hydrogen-bond donors (Lipinski definition) is 2. The maximum atomic E-state index is 11.2. The molecule has 1 atom stereocenters. The molecule has 0 amide bonds. The zero-order chi connectivity index (χ0) is 11.0. The van der Waals surface area contributed by atoms with E-state index in [-0.39, 0.29) is 11.5 Å². The number of rotatable bonds is 1. The molecule has 0 spiro atoms. The Morgan fingerprint density at radius 1 is 1.56 bits per heavy atom. The van der Waals surface area contributed by atoms with Crippen LogP contribution in [0.4, 0.5) is 0 Å². The number of fused-ring (bicyclic) bond motifs is 1. The lowest BCUT2D eigenvalue weighted by atomic mass is 10.3. The van der Waals surface area contributed by atoms with Crippen LogP contribution >= 0.6 is 0 Å². The first kappa shape index (κ1) is 9.56. The normalized spacial score (nSPS) is 21.4. The van der Waals surface area contributed by atoms with E-state index >= 15 is 0 Å². The van der Waals surface area contributed by atoms with Gasteiger partial charge in [0, 0.05) is 31.4 Å². The van der Waals surface area contributed by atoms with Crippen molar-refractivity contribution in [2.75, 3.05) is 19.7 Å². The van der Waals surface area contributed by atoms with Crippen molar-refractivity contribution in [1.82, 2.24) is 19.9 Å². The number of morpholine rings is 1. The maximum Gasteiger partial charge on any atom is 0.183 e. The van der Waals surface area contributed by atoms with Crippen LogP contribution < -0.4 is 10.7 Å². The Morgan fingerprint density at radius 3 is 3.31 bits per heavy atom. The third-order valence-corrected chi connectivity index (χ3v) is 2.67. The van der Waals surface area contributed by atoms with Crippen LogP contribution in [0.25, 0.3) is 5.65 Å². The highest BCUT2D eigenvalue weighted by atomic mass is 16.5. The van der Waals surface area contributed by atoms with Gasteiger partial charge in [0.2, 0.25) is 0 Å². The molecule has 16 heavy (non-hydrogen) atoms. The molecule has 0 aliphatic carbocycles. The molecule has 0 aromatic carbocycles. The number of H-pyrrole nitrogens is 1. The highest BCUT2D eigenvalue weighted by molar-refractivity contribution is 5.37. The minimum atomic E-state index is -0.0648. The fraction of sp³-hybridized carbons (Fsp3) is 0.400. The Hall–Kier alpha value is -1.66. The van der Waals surface area contributed by atoms with E-state index in [9.17, 15) is 4.79 Å². The van der Waals surface area contributed by atoms with Crippen molar-refractivity contribution in [3.8, 4) is 0 Å². The van der Waals surface area contributed by atoms with Crippen molar-refractivity contribution < 1.29 is 4.74 Å². The van der Waals surface area contributed by atoms with Gasteiger partial charge in [-0.1, -0.05) is 0 Å². The fourth-order valence-electron chi connectivity index (χ4n) is 1.89. The van der Waals surface area contributed by atoms with Crippen LogP contribution in [0.1, 0.15) is 11.9 Å². The molecule has 3 rings (SSSR count). The minimum Gasteiger partial charge on any atom is -0.368 e. The van der Waals surface area contributed by atoms with E-state index in [0.717, 1.165) is 18.9 Å². The smallest absolute Gasteiger partial charge is 0.183 e. The van der Waals surface area contributed by atoms with Crippen LogP contribution in [0, 0.1) is 0 Å². The molecule has 2 N–H and O–H groups in total. The zero-order valence-corrected chi connectivity index (χ0v) is 8.64. The van der Waals surface area contributed by atoms with Crippen molar-refractivity contribution in [3.63, 3.8) is 0 Å². The van der Waals surface area contributed by atoms with E-state index in [1.807, 2.05) is 4.40 Å². The van der Waals surface area contributed by atoms with Gasteiger partial charge in [0.15, 0.2) is 11.3 Å². The van der Waals surface area contributed by atoms with E-state index in [1.165, 1.54) is 12.1 Å². The summed E-state index contributed by atoms with van der Waals surface area (Å²) < 4.78 is 7.46. The summed E-state index contributed by atoms with van der Waals surface area (Å²) in [4.78, 5) is 11.2. The molecular formula is C10H12N4O2. The summed E-state index contributed by atoms with van der Waals surface area (Å²) in [5.74, 6) is 0.794. The first-order valence-electron chi connectivity index (χ1n) is 5.23. The molecule has 6 nitrogen and oxygen atoms in total. The summed E-state index contributed by atoms with van der Waals surface area (Å²) in [6.45, 7) is 2.29. The highest BCUT2D eigenvalue weighted by Crippen LogP contribution is 2.16. The fourth-order valence-corrected chi connectivity index (χ4v) is 1.89.